The number of allylic oxidation sites excluding steroid dienone is 3. The van der Waals surface area contributed by atoms with Crippen LogP contribution in [0, 0.1) is 47.0 Å². The number of hydrogen-bond donors (Lipinski definition) is 4. The van der Waals surface area contributed by atoms with E-state index < -0.39 is 80.9 Å². The summed E-state index contributed by atoms with van der Waals surface area (Å²) in [5, 5.41) is 33.9. The molecule has 59 heavy (non-hydrogen) atoms. The van der Waals surface area contributed by atoms with Crippen LogP contribution in [0.2, 0.25) is 0 Å². The van der Waals surface area contributed by atoms with Crippen LogP contribution < -0.4 is 42.2 Å². The van der Waals surface area contributed by atoms with Gasteiger partial charge in [-0.25, -0.2) is 10.0 Å². The number of nitrogens with zero attached hydrogens (tertiary/aromatic N) is 3. The maximum Gasteiger partial charge on any atom is 0.302 e. The van der Waals surface area contributed by atoms with E-state index in [1.165, 1.54) is 33.0 Å². The summed E-state index contributed by atoms with van der Waals surface area (Å²) in [4.78, 5) is 74.2. The summed E-state index contributed by atoms with van der Waals surface area (Å²) >= 11 is 0. The van der Waals surface area contributed by atoms with Crippen molar-refractivity contribution in [2.24, 2.45) is 34.6 Å². The van der Waals surface area contributed by atoms with Gasteiger partial charge in [0.25, 0.3) is 5.91 Å². The third-order valence-corrected chi connectivity index (χ3v) is 12.0. The highest BCUT2D eigenvalue weighted by Crippen LogP contribution is 2.31. The summed E-state index contributed by atoms with van der Waals surface area (Å²) in [6, 6.07) is 0. The second-order valence-electron chi connectivity index (χ2n) is 16.3. The molecule has 0 unspecified atom stereocenters. The SMILES string of the molecule is C=C[C@H](C)[C@@H](C)[C@@H](OC(C)=O)[C@H](C)[C@H](O)[C@H](C)[C@@H](O)[C@@H](C)/C=C/C=C(/C)C(=O)N=c1c(=O)c2c(=O)c(C)c3c(c=2c(=O)/c1=C\NN1CCN(CCC)CC1)=C(O)[C@H](C)O3. The Balaban J connectivity index is 1.70. The Hall–Kier alpha value is -4.76. The van der Waals surface area contributed by atoms with Gasteiger partial charge in [-0.2, -0.15) is 0 Å². The lowest BCUT2D eigenvalue weighted by atomic mass is 9.77. The van der Waals surface area contributed by atoms with Gasteiger partial charge in [0.15, 0.2) is 17.0 Å². The molecule has 0 radical (unpaired) electrons. The normalized spacial score (nSPS) is 21.4. The lowest BCUT2D eigenvalue weighted by Gasteiger charge is -2.37. The Morgan fingerprint density at radius 2 is 1.58 bits per heavy atom. The fourth-order valence-electron chi connectivity index (χ4n) is 7.90. The van der Waals surface area contributed by atoms with Gasteiger partial charge in [-0.05, 0) is 45.6 Å². The van der Waals surface area contributed by atoms with Crippen molar-refractivity contribution in [2.45, 2.75) is 100 Å². The van der Waals surface area contributed by atoms with Crippen LogP contribution in [0.15, 0.2) is 55.8 Å². The van der Waals surface area contributed by atoms with Gasteiger partial charge in [0, 0.05) is 68.2 Å². The molecule has 14 heteroatoms. The zero-order valence-electron chi connectivity index (χ0n) is 36.1. The number of ether oxygens (including phenoxy) is 2. The number of aliphatic hydroxyl groups excluding tert-OH is 3. The molecule has 9 atom stereocenters. The van der Waals surface area contributed by atoms with E-state index in [4.69, 9.17) is 9.47 Å². The Labute approximate surface area is 344 Å². The summed E-state index contributed by atoms with van der Waals surface area (Å²) in [6.07, 6.45) is 5.27. The number of aliphatic hydroxyl groups is 3. The lowest BCUT2D eigenvalue weighted by molar-refractivity contribution is -0.158. The standard InChI is InChI=1S/C45H62N4O10/c1-12-17-48-18-20-49(21-19-48)46-22-32-36(42(56)34-33(41(32)55)35-40(54)30(10)58-44(35)29(9)39(34)53)47-45(57)25(5)16-14-15-24(4)37(51)27(7)38(52)28(8)43(59-31(11)50)26(6)23(3)13-2/h13-16,22-24,26-28,30,37-38,43,46,51-52,54H,2,12,17-21H2,1,3-11H3/b15-14+,25-16-,32-22-,47-36?/t23-,24-,26+,27+,28+,30-,37-,38+,43+/m0/s1. The van der Waals surface area contributed by atoms with Crippen LogP contribution in [-0.2, 0) is 14.3 Å². The first-order chi connectivity index (χ1) is 27.8. The van der Waals surface area contributed by atoms with Gasteiger partial charge < -0.3 is 35.1 Å². The first kappa shape index (κ1) is 46.9. The zero-order chi connectivity index (χ0) is 44.0. The van der Waals surface area contributed by atoms with Crippen LogP contribution >= 0.6 is 0 Å². The molecule has 4 N–H and O–H groups in total. The van der Waals surface area contributed by atoms with Crippen molar-refractivity contribution in [3.8, 4) is 5.75 Å². The third kappa shape index (κ3) is 10.2. The van der Waals surface area contributed by atoms with Crippen molar-refractivity contribution < 1.29 is 34.4 Å². The number of hydrogen-bond acceptors (Lipinski definition) is 13. The van der Waals surface area contributed by atoms with Gasteiger partial charge in [0.2, 0.25) is 5.43 Å². The van der Waals surface area contributed by atoms with Gasteiger partial charge in [-0.15, -0.1) is 6.58 Å². The molecule has 4 aliphatic rings. The molecule has 2 aliphatic heterocycles. The summed E-state index contributed by atoms with van der Waals surface area (Å²) in [5.74, 6) is -3.31. The zero-order valence-corrected chi connectivity index (χ0v) is 36.1. The largest absolute Gasteiger partial charge is 0.508 e. The number of piperazine rings is 1. The second kappa shape index (κ2) is 20.0. The number of amides is 1. The molecule has 0 bridgehead atoms. The molecule has 0 aromatic carbocycles. The smallest absolute Gasteiger partial charge is 0.302 e. The molecule has 322 valence electrons. The second-order valence-corrected chi connectivity index (χ2v) is 16.3. The van der Waals surface area contributed by atoms with E-state index in [9.17, 15) is 39.3 Å². The molecule has 14 nitrogen and oxygen atoms in total. The molecule has 0 saturated carbocycles. The van der Waals surface area contributed by atoms with E-state index >= 15 is 0 Å². The average Bonchev–Trinajstić information content (AvgIpc) is 3.51. The van der Waals surface area contributed by atoms with Gasteiger partial charge in [0.05, 0.1) is 33.1 Å². The predicted molar refractivity (Wildman–Crippen MR) is 226 cm³/mol. The molecule has 1 fully saturated rings. The fourth-order valence-corrected chi connectivity index (χ4v) is 7.90. The van der Waals surface area contributed by atoms with Crippen molar-refractivity contribution in [3.05, 3.63) is 98.9 Å². The number of hydrazine groups is 1. The molecule has 0 aromatic heterocycles. The number of carbonyl (C=O) groups excluding carboxylic acids is 2. The third-order valence-electron chi connectivity index (χ3n) is 12.0. The molecule has 0 aromatic rings. The highest BCUT2D eigenvalue weighted by molar-refractivity contribution is 5.93. The molecule has 1 saturated heterocycles. The van der Waals surface area contributed by atoms with Crippen LogP contribution in [0.4, 0.5) is 0 Å². The fraction of sp³-hybridized carbons (Fsp3) is 0.556. The van der Waals surface area contributed by atoms with E-state index in [1.807, 2.05) is 18.9 Å². The van der Waals surface area contributed by atoms with Gasteiger partial charge in [-0.1, -0.05) is 65.8 Å². The minimum Gasteiger partial charge on any atom is -0.508 e. The molecular weight excluding hydrogens is 757 g/mol. The van der Waals surface area contributed by atoms with Gasteiger partial charge in [-0.3, -0.25) is 24.0 Å². The number of fused-ring (bicyclic) bond motifs is 2. The van der Waals surface area contributed by atoms with Gasteiger partial charge in [0.1, 0.15) is 23.0 Å². The number of nitrogens with one attached hydrogen (secondary N) is 1. The maximum absolute atomic E-state index is 14.3. The van der Waals surface area contributed by atoms with E-state index in [0.29, 0.717) is 13.1 Å². The van der Waals surface area contributed by atoms with Gasteiger partial charge >= 0.3 is 5.97 Å². The summed E-state index contributed by atoms with van der Waals surface area (Å²) in [6.45, 7) is 24.6. The minimum absolute atomic E-state index is 0.00327. The minimum atomic E-state index is -1.03. The number of esters is 1. The highest BCUT2D eigenvalue weighted by Gasteiger charge is 2.38. The van der Waals surface area contributed by atoms with E-state index in [0.717, 1.165) is 26.1 Å². The van der Waals surface area contributed by atoms with Crippen LogP contribution in [-0.4, -0.2) is 94.2 Å². The Kier molecular flexibility index (Phi) is 15.9. The molecular formula is C45H62N4O10. The van der Waals surface area contributed by atoms with E-state index in [-0.39, 0.29) is 50.1 Å². The van der Waals surface area contributed by atoms with Crippen molar-refractivity contribution in [1.82, 2.24) is 15.3 Å². The topological polar surface area (TPSA) is 195 Å². The van der Waals surface area contributed by atoms with Crippen molar-refractivity contribution in [3.63, 3.8) is 0 Å². The molecule has 4 rings (SSSR count). The monoisotopic (exact) mass is 818 g/mol. The van der Waals surface area contributed by atoms with Crippen molar-refractivity contribution in [2.75, 3.05) is 32.7 Å². The average molecular weight is 819 g/mol. The highest BCUT2D eigenvalue weighted by atomic mass is 16.5. The molecule has 2 heterocycles. The molecule has 2 aliphatic carbocycles. The number of carbonyl (C=O) groups is 2. The first-order valence-electron chi connectivity index (χ1n) is 20.5. The quantitative estimate of drug-likeness (QED) is 0.0822. The predicted octanol–water partition coefficient (Wildman–Crippen LogP) is 1.34. The Morgan fingerprint density at radius 1 is 0.932 bits per heavy atom. The van der Waals surface area contributed by atoms with E-state index in [2.05, 4.69) is 28.8 Å². The van der Waals surface area contributed by atoms with Crippen LogP contribution in [0.3, 0.4) is 0 Å². The van der Waals surface area contributed by atoms with E-state index in [1.54, 1.807) is 45.9 Å². The summed E-state index contributed by atoms with van der Waals surface area (Å²) in [5.41, 5.74) is 0.797. The van der Waals surface area contributed by atoms with Crippen LogP contribution in [0.1, 0.15) is 74.3 Å². The summed E-state index contributed by atoms with van der Waals surface area (Å²) in [7, 11) is 0. The maximum atomic E-state index is 14.3. The van der Waals surface area contributed by atoms with Crippen LogP contribution in [0.25, 0.3) is 12.0 Å². The Morgan fingerprint density at radius 3 is 2.17 bits per heavy atom. The van der Waals surface area contributed by atoms with Crippen molar-refractivity contribution >= 4 is 23.8 Å². The lowest BCUT2D eigenvalue weighted by Crippen LogP contribution is -2.55. The number of rotatable bonds is 16. The van der Waals surface area contributed by atoms with Crippen LogP contribution in [0.5, 0.6) is 5.75 Å². The van der Waals surface area contributed by atoms with Crippen molar-refractivity contribution in [1.29, 1.82) is 0 Å². The first-order valence-corrected chi connectivity index (χ1v) is 20.5. The summed E-state index contributed by atoms with van der Waals surface area (Å²) < 4.78 is 11.4. The molecule has 1 amide bonds. The molecule has 0 spiro atoms. The Bertz CT molecular complexity index is 2380.